The summed E-state index contributed by atoms with van der Waals surface area (Å²) in [5.41, 5.74) is 19.3. The van der Waals surface area contributed by atoms with Crippen LogP contribution in [0.15, 0.2) is 72.8 Å². The summed E-state index contributed by atoms with van der Waals surface area (Å²) in [7, 11) is 0. The second-order valence-corrected chi connectivity index (χ2v) is 19.0. The molecule has 0 saturated carbocycles. The molecule has 3 aliphatic heterocycles. The molecule has 274 valence electrons. The van der Waals surface area contributed by atoms with Crippen LogP contribution in [0.5, 0.6) is 11.5 Å². The molecule has 0 fully saturated rings. The number of ether oxygens (including phenoxy) is 2. The van der Waals surface area contributed by atoms with E-state index in [1.807, 2.05) is 11.3 Å². The highest BCUT2D eigenvalue weighted by Gasteiger charge is 2.47. The minimum absolute atomic E-state index is 0.0200. The van der Waals surface area contributed by atoms with Gasteiger partial charge in [0.25, 0.3) is 6.71 Å². The van der Waals surface area contributed by atoms with Crippen LogP contribution in [-0.2, 0) is 10.8 Å². The Morgan fingerprint density at radius 2 is 1.11 bits per heavy atom. The predicted molar refractivity (Wildman–Crippen MR) is 233 cm³/mol. The minimum Gasteiger partial charge on any atom is -0.490 e. The molecule has 3 aliphatic rings. The summed E-state index contributed by atoms with van der Waals surface area (Å²) >= 11 is 1.94. The van der Waals surface area contributed by atoms with Crippen molar-refractivity contribution in [1.29, 1.82) is 0 Å². The van der Waals surface area contributed by atoms with Gasteiger partial charge in [0.05, 0.1) is 30.3 Å². The lowest BCUT2D eigenvalue weighted by Crippen LogP contribution is -2.60. The number of rotatable bonds is 2. The predicted octanol–water partition coefficient (Wildman–Crippen LogP) is 11.3. The fourth-order valence-electron chi connectivity index (χ4n) is 9.18. The largest absolute Gasteiger partial charge is 0.490 e. The second kappa shape index (κ2) is 12.2. The molecule has 4 heterocycles. The Kier molecular flexibility index (Phi) is 7.90. The van der Waals surface area contributed by atoms with E-state index in [4.69, 9.17) is 9.47 Å². The molecule has 9 rings (SSSR count). The zero-order valence-corrected chi connectivity index (χ0v) is 34.6. The SMILES string of the molecule is Cc1cc2c3c(c1)N(c1c(C)cc(C(C)(C)C)cc1C)c1c(sc4ccccc14)B3c1cc3c(cc1N2c1c(C)cc(C(C)(C)C)cc1C)OCCCO3. The molecule has 6 heteroatoms. The van der Waals surface area contributed by atoms with Crippen molar-refractivity contribution >= 4 is 78.0 Å². The van der Waals surface area contributed by atoms with E-state index >= 15 is 0 Å². The Bertz CT molecular complexity index is 2490. The van der Waals surface area contributed by atoms with Crippen LogP contribution >= 0.6 is 11.3 Å². The van der Waals surface area contributed by atoms with Crippen LogP contribution in [0.3, 0.4) is 0 Å². The molecule has 1 aromatic heterocycles. The number of fused-ring (bicyclic) bond motifs is 7. The van der Waals surface area contributed by atoms with Gasteiger partial charge in [-0.25, -0.2) is 0 Å². The third-order valence-electron chi connectivity index (χ3n) is 11.7. The standard InChI is InChI=1S/C48H51BN2O2S/c1-27-19-37-42-38(20-27)51(44-30(4)23-33(24-31(44)5)48(9,10)11)45-34-15-12-13-16-41(34)54-46(45)49(42)35-25-39-40(53-18-14-17-52-39)26-36(35)50(37)43-28(2)21-32(22-29(43)3)47(6,7)8/h12-13,15-16,19-26H,14,17-18H2,1-11H3. The van der Waals surface area contributed by atoms with Crippen LogP contribution in [0.1, 0.15) is 86.9 Å². The van der Waals surface area contributed by atoms with Crippen molar-refractivity contribution in [2.45, 2.75) is 93.4 Å². The third-order valence-corrected chi connectivity index (χ3v) is 13.0. The van der Waals surface area contributed by atoms with E-state index < -0.39 is 0 Å². The fraction of sp³-hybridized carbons (Fsp3) is 0.333. The van der Waals surface area contributed by atoms with Gasteiger partial charge in [-0.1, -0.05) is 84.0 Å². The highest BCUT2D eigenvalue weighted by Crippen LogP contribution is 2.52. The van der Waals surface area contributed by atoms with Gasteiger partial charge in [-0.05, 0) is 120 Å². The lowest BCUT2D eigenvalue weighted by Gasteiger charge is -2.45. The third kappa shape index (κ3) is 5.31. The van der Waals surface area contributed by atoms with E-state index in [0.29, 0.717) is 13.2 Å². The Hall–Kier alpha value is -4.68. The molecule has 0 radical (unpaired) electrons. The van der Waals surface area contributed by atoms with Crippen molar-refractivity contribution in [1.82, 2.24) is 0 Å². The van der Waals surface area contributed by atoms with Crippen LogP contribution in [0.4, 0.5) is 34.1 Å². The van der Waals surface area contributed by atoms with Gasteiger partial charge in [0.15, 0.2) is 11.5 Å². The quantitative estimate of drug-likeness (QED) is 0.165. The summed E-state index contributed by atoms with van der Waals surface area (Å²) in [4.78, 5) is 5.18. The van der Waals surface area contributed by atoms with E-state index in [2.05, 4.69) is 159 Å². The Labute approximate surface area is 325 Å². The molecular weight excluding hydrogens is 679 g/mol. The summed E-state index contributed by atoms with van der Waals surface area (Å²) in [5.74, 6) is 1.67. The molecule has 0 N–H and O–H groups in total. The number of anilines is 6. The molecule has 0 spiro atoms. The second-order valence-electron chi connectivity index (χ2n) is 18.0. The van der Waals surface area contributed by atoms with Crippen LogP contribution in [0.2, 0.25) is 0 Å². The van der Waals surface area contributed by atoms with E-state index in [1.54, 1.807) is 0 Å². The molecule has 4 nitrogen and oxygen atoms in total. The number of benzene rings is 5. The molecule has 5 aromatic carbocycles. The molecule has 0 unspecified atom stereocenters. The van der Waals surface area contributed by atoms with Crippen molar-refractivity contribution in [3.63, 3.8) is 0 Å². The van der Waals surface area contributed by atoms with Crippen LogP contribution < -0.4 is 35.0 Å². The van der Waals surface area contributed by atoms with Crippen molar-refractivity contribution in [3.8, 4) is 11.5 Å². The number of hydrogen-bond donors (Lipinski definition) is 0. The number of thiophene rings is 1. The Balaban J connectivity index is 1.41. The lowest BCUT2D eigenvalue weighted by atomic mass is 9.36. The molecule has 0 aliphatic carbocycles. The van der Waals surface area contributed by atoms with Gasteiger partial charge >= 0.3 is 0 Å². The van der Waals surface area contributed by atoms with Crippen molar-refractivity contribution in [3.05, 3.63) is 112 Å². The topological polar surface area (TPSA) is 24.9 Å². The van der Waals surface area contributed by atoms with Crippen LogP contribution in [0.25, 0.3) is 10.1 Å². The maximum absolute atomic E-state index is 6.46. The lowest BCUT2D eigenvalue weighted by molar-refractivity contribution is 0.297. The zero-order chi connectivity index (χ0) is 38.0. The van der Waals surface area contributed by atoms with E-state index in [0.717, 1.165) is 17.9 Å². The molecule has 54 heavy (non-hydrogen) atoms. The van der Waals surface area contributed by atoms with E-state index in [1.165, 1.54) is 98.9 Å². The minimum atomic E-state index is 0.0200. The highest BCUT2D eigenvalue weighted by atomic mass is 32.1. The van der Waals surface area contributed by atoms with Gasteiger partial charge in [-0.2, -0.15) is 0 Å². The number of nitrogens with zero attached hydrogens (tertiary/aromatic N) is 2. The highest BCUT2D eigenvalue weighted by molar-refractivity contribution is 7.33. The van der Waals surface area contributed by atoms with E-state index in [9.17, 15) is 0 Å². The summed E-state index contributed by atoms with van der Waals surface area (Å²) in [5, 5.41) is 1.30. The first kappa shape index (κ1) is 35.1. The molecule has 0 bridgehead atoms. The normalized spacial score (nSPS) is 14.9. The van der Waals surface area contributed by atoms with Gasteiger partial charge in [-0.3, -0.25) is 0 Å². The molecule has 0 amide bonds. The monoisotopic (exact) mass is 730 g/mol. The summed E-state index contributed by atoms with van der Waals surface area (Å²) in [6, 6.07) is 28.1. The van der Waals surface area contributed by atoms with Crippen molar-refractivity contribution < 1.29 is 9.47 Å². The summed E-state index contributed by atoms with van der Waals surface area (Å²) in [6.45, 7) is 26.6. The summed E-state index contributed by atoms with van der Waals surface area (Å²) in [6.07, 6.45) is 0.866. The Morgan fingerprint density at radius 1 is 0.593 bits per heavy atom. The first-order chi connectivity index (χ1) is 25.6. The van der Waals surface area contributed by atoms with Gasteiger partial charge in [0.1, 0.15) is 0 Å². The van der Waals surface area contributed by atoms with Gasteiger partial charge < -0.3 is 19.3 Å². The van der Waals surface area contributed by atoms with E-state index in [-0.39, 0.29) is 17.5 Å². The smallest absolute Gasteiger partial charge is 0.264 e. The fourth-order valence-corrected chi connectivity index (χ4v) is 10.5. The number of hydrogen-bond acceptors (Lipinski definition) is 5. The average Bonchev–Trinajstić information content (AvgIpc) is 3.32. The maximum atomic E-state index is 6.46. The first-order valence-corrected chi connectivity index (χ1v) is 20.4. The van der Waals surface area contributed by atoms with Crippen LogP contribution in [0, 0.1) is 34.6 Å². The zero-order valence-electron chi connectivity index (χ0n) is 33.7. The molecule has 6 aromatic rings. The molecule has 0 atom stereocenters. The summed E-state index contributed by atoms with van der Waals surface area (Å²) < 4.78 is 15.6. The molecular formula is C48H51BN2O2S. The first-order valence-electron chi connectivity index (χ1n) is 19.5. The van der Waals surface area contributed by atoms with Gasteiger partial charge in [0, 0.05) is 44.4 Å². The van der Waals surface area contributed by atoms with Crippen molar-refractivity contribution in [2.75, 3.05) is 23.0 Å². The van der Waals surface area contributed by atoms with Gasteiger partial charge in [-0.15, -0.1) is 11.3 Å². The van der Waals surface area contributed by atoms with Gasteiger partial charge in [0.2, 0.25) is 0 Å². The average molecular weight is 731 g/mol. The molecule has 0 saturated heterocycles. The van der Waals surface area contributed by atoms with Crippen molar-refractivity contribution in [2.24, 2.45) is 0 Å². The van der Waals surface area contributed by atoms with Crippen LogP contribution in [-0.4, -0.2) is 19.9 Å². The maximum Gasteiger partial charge on any atom is 0.264 e. The Morgan fingerprint density at radius 3 is 1.69 bits per heavy atom. The number of aryl methyl sites for hydroxylation is 5.